The van der Waals surface area contributed by atoms with Gasteiger partial charge in [0.15, 0.2) is 31.7 Å². The Morgan fingerprint density at radius 2 is 1.92 bits per heavy atom. The van der Waals surface area contributed by atoms with Gasteiger partial charge in [-0.3, -0.25) is 14.2 Å². The number of thiazole rings is 1. The number of aromatic nitrogens is 4. The molecule has 2 amide bonds. The van der Waals surface area contributed by atoms with Crippen molar-refractivity contribution in [3.8, 4) is 5.69 Å². The lowest BCUT2D eigenvalue weighted by Gasteiger charge is -2.10. The van der Waals surface area contributed by atoms with Gasteiger partial charge in [0.25, 0.3) is 5.91 Å². The lowest BCUT2D eigenvalue weighted by Crippen LogP contribution is -2.24. The van der Waals surface area contributed by atoms with Crippen molar-refractivity contribution in [3.05, 3.63) is 78.3 Å². The summed E-state index contributed by atoms with van der Waals surface area (Å²) < 4.78 is 44.5. The molecule has 0 fully saturated rings. The van der Waals surface area contributed by atoms with Crippen LogP contribution < -0.4 is 10.6 Å². The van der Waals surface area contributed by atoms with E-state index in [0.29, 0.717) is 32.0 Å². The van der Waals surface area contributed by atoms with Gasteiger partial charge in [-0.2, -0.15) is 0 Å². The number of nitrogens with zero attached hydrogens (tertiary/aromatic N) is 4. The summed E-state index contributed by atoms with van der Waals surface area (Å²) in [5.41, 5.74) is 1.10. The van der Waals surface area contributed by atoms with Crippen molar-refractivity contribution >= 4 is 60.1 Å². The van der Waals surface area contributed by atoms with Crippen molar-refractivity contribution in [1.29, 1.82) is 0 Å². The van der Waals surface area contributed by atoms with Crippen LogP contribution in [0.1, 0.15) is 16.4 Å². The number of halogens is 1. The molecular weight excluding hydrogens is 568 g/mol. The predicted molar refractivity (Wildman–Crippen MR) is 143 cm³/mol. The second kappa shape index (κ2) is 11.0. The lowest BCUT2D eigenvalue weighted by atomic mass is 10.3. The Balaban J connectivity index is 1.30. The maximum absolute atomic E-state index is 13.6. The van der Waals surface area contributed by atoms with Crippen LogP contribution in [0.2, 0.25) is 0 Å². The summed E-state index contributed by atoms with van der Waals surface area (Å²) in [4.78, 5) is 29.5. The minimum absolute atomic E-state index is 0.00214. The molecule has 0 radical (unpaired) electrons. The molecule has 3 heterocycles. The Labute approximate surface area is 229 Å². The maximum atomic E-state index is 13.6. The zero-order valence-corrected chi connectivity index (χ0v) is 22.6. The van der Waals surface area contributed by atoms with E-state index in [-0.39, 0.29) is 28.9 Å². The van der Waals surface area contributed by atoms with Crippen LogP contribution in [-0.2, 0) is 21.2 Å². The molecule has 0 atom stereocenters. The highest BCUT2D eigenvalue weighted by Gasteiger charge is 2.19. The first-order valence-corrected chi connectivity index (χ1v) is 14.9. The standard InChI is InChI=1S/C24H19FN6O5S3/c1-39(34,35)16-8-9-17-19(11-16)38-23(27-17)28-21(32)13-37-24-30-29-20(12-26-22(33)18-3-2-10-36-18)31(24)15-6-4-14(25)5-7-15/h2-11H,12-13H2,1H3,(H,26,33)(H,27,28,32). The van der Waals surface area contributed by atoms with Gasteiger partial charge in [-0.1, -0.05) is 23.1 Å². The number of benzene rings is 2. The Kier molecular flexibility index (Phi) is 7.45. The van der Waals surface area contributed by atoms with E-state index in [2.05, 4.69) is 25.8 Å². The summed E-state index contributed by atoms with van der Waals surface area (Å²) in [6.07, 6.45) is 2.51. The number of carbonyl (C=O) groups excluding carboxylic acids is 2. The van der Waals surface area contributed by atoms with Gasteiger partial charge in [0, 0.05) is 11.9 Å². The van der Waals surface area contributed by atoms with Crippen molar-refractivity contribution in [2.24, 2.45) is 0 Å². The zero-order chi connectivity index (χ0) is 27.6. The summed E-state index contributed by atoms with van der Waals surface area (Å²) in [7, 11) is -3.37. The van der Waals surface area contributed by atoms with E-state index in [1.807, 2.05) is 0 Å². The van der Waals surface area contributed by atoms with E-state index in [4.69, 9.17) is 4.42 Å². The molecule has 0 aliphatic rings. The number of carbonyl (C=O) groups is 2. The minimum atomic E-state index is -3.37. The van der Waals surface area contributed by atoms with Crippen molar-refractivity contribution in [2.75, 3.05) is 17.3 Å². The molecule has 0 bridgehead atoms. The third-order valence-corrected chi connectivity index (χ3v) is 8.28. The van der Waals surface area contributed by atoms with Crippen LogP contribution in [0.3, 0.4) is 0 Å². The molecule has 5 aromatic rings. The fourth-order valence-corrected chi connectivity index (χ4v) is 5.90. The summed E-state index contributed by atoms with van der Waals surface area (Å²) in [5, 5.41) is 14.4. The van der Waals surface area contributed by atoms with Gasteiger partial charge in [0.2, 0.25) is 5.91 Å². The average Bonchev–Trinajstić information content (AvgIpc) is 3.65. The molecule has 0 aliphatic carbocycles. The number of furan rings is 1. The van der Waals surface area contributed by atoms with Gasteiger partial charge in [-0.15, -0.1) is 10.2 Å². The Bertz CT molecular complexity index is 1770. The molecular formula is C24H19FN6O5S3. The van der Waals surface area contributed by atoms with Crippen LogP contribution in [0.15, 0.2) is 75.3 Å². The minimum Gasteiger partial charge on any atom is -0.459 e. The first kappa shape index (κ1) is 26.5. The smallest absolute Gasteiger partial charge is 0.287 e. The highest BCUT2D eigenvalue weighted by Crippen LogP contribution is 2.29. The van der Waals surface area contributed by atoms with E-state index < -0.39 is 21.6 Å². The first-order chi connectivity index (χ1) is 18.7. The normalized spacial score (nSPS) is 11.5. The van der Waals surface area contributed by atoms with Crippen LogP contribution in [0, 0.1) is 5.82 Å². The molecule has 200 valence electrons. The second-order valence-electron chi connectivity index (χ2n) is 8.13. The number of amides is 2. The zero-order valence-electron chi connectivity index (χ0n) is 20.1. The molecule has 0 saturated carbocycles. The van der Waals surface area contributed by atoms with Gasteiger partial charge in [-0.05, 0) is 54.6 Å². The Hall–Kier alpha value is -4.08. The highest BCUT2D eigenvalue weighted by molar-refractivity contribution is 7.99. The molecule has 0 unspecified atom stereocenters. The molecule has 0 saturated heterocycles. The number of nitrogens with one attached hydrogen (secondary N) is 2. The van der Waals surface area contributed by atoms with Crippen molar-refractivity contribution in [2.45, 2.75) is 16.6 Å². The molecule has 5 rings (SSSR count). The van der Waals surface area contributed by atoms with E-state index in [1.54, 1.807) is 16.7 Å². The lowest BCUT2D eigenvalue weighted by molar-refractivity contribution is -0.113. The molecule has 0 spiro atoms. The molecule has 11 nitrogen and oxygen atoms in total. The van der Waals surface area contributed by atoms with Crippen LogP contribution in [0.5, 0.6) is 0 Å². The van der Waals surface area contributed by atoms with E-state index in [9.17, 15) is 22.4 Å². The molecule has 2 N–H and O–H groups in total. The molecule has 2 aromatic carbocycles. The molecule has 15 heteroatoms. The summed E-state index contributed by atoms with van der Waals surface area (Å²) in [6, 6.07) is 13.3. The van der Waals surface area contributed by atoms with Crippen LogP contribution in [-0.4, -0.2) is 52.0 Å². The predicted octanol–water partition coefficient (Wildman–Crippen LogP) is 3.67. The number of sulfone groups is 1. The van der Waals surface area contributed by atoms with E-state index in [1.165, 1.54) is 48.7 Å². The fourth-order valence-electron chi connectivity index (χ4n) is 3.49. The molecule has 0 aliphatic heterocycles. The van der Waals surface area contributed by atoms with Crippen LogP contribution in [0.25, 0.3) is 15.9 Å². The number of rotatable bonds is 9. The van der Waals surface area contributed by atoms with Crippen LogP contribution in [0.4, 0.5) is 9.52 Å². The molecule has 3 aromatic heterocycles. The van der Waals surface area contributed by atoms with Gasteiger partial charge in [-0.25, -0.2) is 17.8 Å². The summed E-state index contributed by atoms with van der Waals surface area (Å²) in [6.45, 7) is -0.00214. The van der Waals surface area contributed by atoms with Crippen molar-refractivity contribution in [1.82, 2.24) is 25.1 Å². The quantitative estimate of drug-likeness (QED) is 0.247. The van der Waals surface area contributed by atoms with Gasteiger partial charge < -0.3 is 15.1 Å². The monoisotopic (exact) mass is 586 g/mol. The highest BCUT2D eigenvalue weighted by atomic mass is 32.2. The Morgan fingerprint density at radius 3 is 2.64 bits per heavy atom. The number of hydrogen-bond acceptors (Lipinski definition) is 10. The van der Waals surface area contributed by atoms with Gasteiger partial charge in [0.05, 0.1) is 33.7 Å². The van der Waals surface area contributed by atoms with E-state index in [0.717, 1.165) is 29.4 Å². The maximum Gasteiger partial charge on any atom is 0.287 e. The number of thioether (sulfide) groups is 1. The third-order valence-electron chi connectivity index (χ3n) is 5.30. The SMILES string of the molecule is CS(=O)(=O)c1ccc2nc(NC(=O)CSc3nnc(CNC(=O)c4ccco4)n3-c3ccc(F)cc3)sc2c1. The number of hydrogen-bond donors (Lipinski definition) is 2. The average molecular weight is 587 g/mol. The van der Waals surface area contributed by atoms with Crippen LogP contribution >= 0.6 is 23.1 Å². The molecule has 39 heavy (non-hydrogen) atoms. The fraction of sp³-hybridized carbons (Fsp3) is 0.125. The largest absolute Gasteiger partial charge is 0.459 e. The third kappa shape index (κ3) is 6.16. The first-order valence-electron chi connectivity index (χ1n) is 11.2. The van der Waals surface area contributed by atoms with Gasteiger partial charge in [0.1, 0.15) is 5.82 Å². The van der Waals surface area contributed by atoms with Crippen molar-refractivity contribution < 1.29 is 26.8 Å². The number of fused-ring (bicyclic) bond motifs is 1. The second-order valence-corrected chi connectivity index (χ2v) is 12.1. The summed E-state index contributed by atoms with van der Waals surface area (Å²) in [5.74, 6) is -0.797. The van der Waals surface area contributed by atoms with Gasteiger partial charge >= 0.3 is 0 Å². The Morgan fingerprint density at radius 1 is 1.13 bits per heavy atom. The summed E-state index contributed by atoms with van der Waals surface area (Å²) >= 11 is 2.25. The number of anilines is 1. The van der Waals surface area contributed by atoms with E-state index >= 15 is 0 Å². The topological polar surface area (TPSA) is 149 Å². The van der Waals surface area contributed by atoms with Crippen molar-refractivity contribution in [3.63, 3.8) is 0 Å².